The summed E-state index contributed by atoms with van der Waals surface area (Å²) >= 11 is 5.66. The number of likely N-dealkylation sites (tertiary alicyclic amines) is 1. The van der Waals surface area contributed by atoms with Crippen LogP contribution in [-0.2, 0) is 0 Å². The number of hydrogen-bond acceptors (Lipinski definition) is 0. The molecule has 1 aliphatic heterocycles. The molecule has 1 saturated heterocycles. The van der Waals surface area contributed by atoms with Crippen molar-refractivity contribution in [3.8, 4) is 0 Å². The molecular weight excluding hydrogens is 169 g/mol. The van der Waals surface area contributed by atoms with E-state index in [-0.39, 0.29) is 12.4 Å². The molecule has 0 bridgehead atoms. The molecule has 0 aromatic heterocycles. The Morgan fingerprint density at radius 1 is 1.30 bits per heavy atom. The van der Waals surface area contributed by atoms with Crippen LogP contribution in [-0.4, -0.2) is 37.0 Å². The van der Waals surface area contributed by atoms with Crippen LogP contribution in [0.5, 0.6) is 0 Å². The number of quaternary nitrogens is 1. The highest BCUT2D eigenvalue weighted by atomic mass is 35.5. The maximum absolute atomic E-state index is 5.66. The molecule has 10 heavy (non-hydrogen) atoms. The van der Waals surface area contributed by atoms with Crippen molar-refractivity contribution in [2.75, 3.05) is 32.6 Å². The zero-order chi connectivity index (χ0) is 6.74. The van der Waals surface area contributed by atoms with Gasteiger partial charge in [0.15, 0.2) is 0 Å². The average Bonchev–Trinajstić information content (AvgIpc) is 2.16. The van der Waals surface area contributed by atoms with Crippen molar-refractivity contribution in [1.29, 1.82) is 0 Å². The summed E-state index contributed by atoms with van der Waals surface area (Å²) in [6.07, 6.45) is 2.79. The van der Waals surface area contributed by atoms with E-state index in [2.05, 4.69) is 7.05 Å². The Morgan fingerprint density at radius 3 is 2.20 bits per heavy atom. The summed E-state index contributed by atoms with van der Waals surface area (Å²) in [5.41, 5.74) is 0. The van der Waals surface area contributed by atoms with Crippen LogP contribution in [0, 0.1) is 0 Å². The third-order valence-corrected chi connectivity index (χ3v) is 2.44. The summed E-state index contributed by atoms with van der Waals surface area (Å²) in [5, 5.41) is 0. The van der Waals surface area contributed by atoms with E-state index in [0.717, 1.165) is 12.4 Å². The highest BCUT2D eigenvalue weighted by Crippen LogP contribution is 2.15. The molecule has 0 unspecified atom stereocenters. The fraction of sp³-hybridized carbons (Fsp3) is 1.00. The predicted octanol–water partition coefficient (Wildman–Crippen LogP) is -1.53. The standard InChI is InChI=1S/C7H15ClN.ClH/c1-9(7-4-8)5-2-3-6-9;/h2-7H2,1H3;1H/q+1;/p-1. The summed E-state index contributed by atoms with van der Waals surface area (Å²) in [7, 11) is 2.30. The van der Waals surface area contributed by atoms with Crippen molar-refractivity contribution >= 4 is 11.6 Å². The quantitative estimate of drug-likeness (QED) is 0.361. The second kappa shape index (κ2) is 4.42. The minimum Gasteiger partial charge on any atom is -1.00 e. The molecule has 0 atom stereocenters. The lowest BCUT2D eigenvalue weighted by Gasteiger charge is -2.27. The summed E-state index contributed by atoms with van der Waals surface area (Å²) in [5.74, 6) is 0.816. The Morgan fingerprint density at radius 2 is 1.80 bits per heavy atom. The van der Waals surface area contributed by atoms with Crippen molar-refractivity contribution in [1.82, 2.24) is 0 Å². The van der Waals surface area contributed by atoms with Crippen LogP contribution in [0.4, 0.5) is 0 Å². The average molecular weight is 184 g/mol. The molecule has 0 radical (unpaired) electrons. The number of nitrogens with zero attached hydrogens (tertiary/aromatic N) is 1. The van der Waals surface area contributed by atoms with Crippen LogP contribution in [0.3, 0.4) is 0 Å². The largest absolute Gasteiger partial charge is 1.00 e. The van der Waals surface area contributed by atoms with Gasteiger partial charge in [-0.25, -0.2) is 0 Å². The van der Waals surface area contributed by atoms with Crippen molar-refractivity contribution in [2.45, 2.75) is 12.8 Å². The van der Waals surface area contributed by atoms with Crippen molar-refractivity contribution in [3.63, 3.8) is 0 Å². The van der Waals surface area contributed by atoms with Crippen LogP contribution in [0.15, 0.2) is 0 Å². The molecule has 0 amide bonds. The second-order valence-electron chi connectivity index (χ2n) is 3.19. The number of halogens is 2. The molecule has 0 saturated carbocycles. The topological polar surface area (TPSA) is 0 Å². The first-order valence-corrected chi connectivity index (χ1v) is 4.20. The van der Waals surface area contributed by atoms with E-state index < -0.39 is 0 Å². The summed E-state index contributed by atoms with van der Waals surface area (Å²) in [4.78, 5) is 0. The van der Waals surface area contributed by atoms with Crippen molar-refractivity contribution in [3.05, 3.63) is 0 Å². The number of rotatable bonds is 2. The normalized spacial score (nSPS) is 22.2. The molecule has 1 rings (SSSR count). The van der Waals surface area contributed by atoms with Crippen LogP contribution in [0.25, 0.3) is 0 Å². The Balaban J connectivity index is 0.000000810. The van der Waals surface area contributed by atoms with E-state index in [9.17, 15) is 0 Å². The van der Waals surface area contributed by atoms with Gasteiger partial charge < -0.3 is 16.9 Å². The van der Waals surface area contributed by atoms with Gasteiger partial charge >= 0.3 is 0 Å². The highest BCUT2D eigenvalue weighted by Gasteiger charge is 2.25. The second-order valence-corrected chi connectivity index (χ2v) is 3.56. The monoisotopic (exact) mass is 183 g/mol. The third kappa shape index (κ3) is 2.65. The molecular formula is C7H15Cl2N. The maximum atomic E-state index is 5.66. The van der Waals surface area contributed by atoms with E-state index in [1.165, 1.54) is 30.4 Å². The van der Waals surface area contributed by atoms with Gasteiger partial charge in [-0.05, 0) is 0 Å². The van der Waals surface area contributed by atoms with Crippen molar-refractivity contribution in [2.24, 2.45) is 0 Å². The van der Waals surface area contributed by atoms with Gasteiger partial charge in [-0.3, -0.25) is 0 Å². The lowest BCUT2D eigenvalue weighted by molar-refractivity contribution is -0.895. The molecule has 1 aliphatic rings. The number of alkyl halides is 1. The van der Waals surface area contributed by atoms with Crippen LogP contribution in [0.2, 0.25) is 0 Å². The summed E-state index contributed by atoms with van der Waals surface area (Å²) in [6, 6.07) is 0. The van der Waals surface area contributed by atoms with E-state index >= 15 is 0 Å². The molecule has 1 heterocycles. The van der Waals surface area contributed by atoms with E-state index in [0.29, 0.717) is 0 Å². The van der Waals surface area contributed by atoms with Gasteiger partial charge in [0.1, 0.15) is 0 Å². The summed E-state index contributed by atoms with van der Waals surface area (Å²) in [6.45, 7) is 3.83. The molecule has 3 heteroatoms. The SMILES string of the molecule is C[N+]1(CCCl)CCCC1.[Cl-]. The lowest BCUT2D eigenvalue weighted by atomic mass is 10.4. The van der Waals surface area contributed by atoms with Crippen LogP contribution < -0.4 is 12.4 Å². The lowest BCUT2D eigenvalue weighted by Crippen LogP contribution is -3.00. The number of hydrogen-bond donors (Lipinski definition) is 0. The fourth-order valence-electron chi connectivity index (χ4n) is 1.53. The van der Waals surface area contributed by atoms with Gasteiger partial charge in [0.05, 0.1) is 32.6 Å². The Kier molecular flexibility index (Phi) is 4.66. The summed E-state index contributed by atoms with van der Waals surface area (Å²) < 4.78 is 1.21. The molecule has 1 nitrogen and oxygen atoms in total. The molecule has 0 N–H and O–H groups in total. The molecule has 0 spiro atoms. The molecule has 0 aromatic carbocycles. The molecule has 0 aliphatic carbocycles. The minimum atomic E-state index is 0. The molecule has 1 fully saturated rings. The predicted molar refractivity (Wildman–Crippen MR) is 40.7 cm³/mol. The first-order chi connectivity index (χ1) is 4.27. The van der Waals surface area contributed by atoms with Gasteiger partial charge in [0.2, 0.25) is 0 Å². The zero-order valence-corrected chi connectivity index (χ0v) is 7.96. The Bertz CT molecular complexity index is 89.6. The minimum absolute atomic E-state index is 0. The molecule has 0 aromatic rings. The fourth-order valence-corrected chi connectivity index (χ4v) is 1.93. The first-order valence-electron chi connectivity index (χ1n) is 3.66. The van der Waals surface area contributed by atoms with Crippen molar-refractivity contribution < 1.29 is 16.9 Å². The van der Waals surface area contributed by atoms with E-state index in [1.54, 1.807) is 0 Å². The van der Waals surface area contributed by atoms with Gasteiger partial charge in [-0.2, -0.15) is 0 Å². The van der Waals surface area contributed by atoms with E-state index in [4.69, 9.17) is 11.6 Å². The van der Waals surface area contributed by atoms with Gasteiger partial charge in [0, 0.05) is 12.8 Å². The van der Waals surface area contributed by atoms with Gasteiger partial charge in [0.25, 0.3) is 0 Å². The highest BCUT2D eigenvalue weighted by molar-refractivity contribution is 6.17. The van der Waals surface area contributed by atoms with Crippen LogP contribution in [0.1, 0.15) is 12.8 Å². The third-order valence-electron chi connectivity index (χ3n) is 2.27. The first kappa shape index (κ1) is 10.5. The molecule has 62 valence electrons. The Hall–Kier alpha value is 0.540. The van der Waals surface area contributed by atoms with Gasteiger partial charge in [-0.1, -0.05) is 0 Å². The maximum Gasteiger partial charge on any atom is 0.0922 e. The van der Waals surface area contributed by atoms with Gasteiger partial charge in [-0.15, -0.1) is 11.6 Å². The Labute approximate surface area is 74.3 Å². The van der Waals surface area contributed by atoms with Crippen LogP contribution >= 0.6 is 11.6 Å². The van der Waals surface area contributed by atoms with E-state index in [1.807, 2.05) is 0 Å². The zero-order valence-electron chi connectivity index (χ0n) is 6.45. The smallest absolute Gasteiger partial charge is 0.0922 e.